The molecule has 0 aromatic rings. The summed E-state index contributed by atoms with van der Waals surface area (Å²) >= 11 is 0. The summed E-state index contributed by atoms with van der Waals surface area (Å²) in [6.07, 6.45) is 5.97. The Morgan fingerprint density at radius 1 is 0.793 bits per heavy atom. The van der Waals surface area contributed by atoms with E-state index in [0.29, 0.717) is 19.8 Å². The molecule has 0 atom stereocenters. The molecular weight excluding hydrogens is 396 g/mol. The predicted octanol–water partition coefficient (Wildman–Crippen LogP) is 7.08. The Balaban J connectivity index is 5.11. The summed E-state index contributed by atoms with van der Waals surface area (Å²) in [4.78, 5) is 12.3. The largest absolute Gasteiger partial charge is 0.463 e. The second-order valence-electron chi connectivity index (χ2n) is 11.1. The van der Waals surface area contributed by atoms with E-state index in [2.05, 4.69) is 74.7 Å². The zero-order valence-corrected chi connectivity index (χ0v) is 23.2. The van der Waals surface area contributed by atoms with Gasteiger partial charge in [-0.1, -0.05) is 67.7 Å². The number of esters is 1. The van der Waals surface area contributed by atoms with Crippen LogP contribution in [0.2, 0.25) is 36.3 Å². The van der Waals surface area contributed by atoms with Gasteiger partial charge in [0.25, 0.3) is 0 Å². The summed E-state index contributed by atoms with van der Waals surface area (Å²) in [7, 11) is -3.82. The summed E-state index contributed by atoms with van der Waals surface area (Å²) in [6, 6.07) is 0. The van der Waals surface area contributed by atoms with Gasteiger partial charge in [0, 0.05) is 6.08 Å². The van der Waals surface area contributed by atoms with Crippen molar-refractivity contribution in [1.29, 1.82) is 0 Å². The third kappa shape index (κ3) is 10.9. The number of carbonyl (C=O) groups excluding carboxylic acids is 1. The van der Waals surface area contributed by atoms with Crippen LogP contribution in [0.25, 0.3) is 0 Å². The highest BCUT2D eigenvalue weighted by molar-refractivity contribution is 6.74. The first-order chi connectivity index (χ1) is 13.0. The lowest BCUT2D eigenvalue weighted by molar-refractivity contribution is -0.138. The molecule has 0 saturated carbocycles. The van der Waals surface area contributed by atoms with Gasteiger partial charge in [-0.15, -0.1) is 0 Å². The third-order valence-corrected chi connectivity index (χ3v) is 15.4. The lowest BCUT2D eigenvalue weighted by Gasteiger charge is -2.38. The van der Waals surface area contributed by atoms with Crippen molar-refractivity contribution < 1.29 is 18.4 Å². The first-order valence-electron chi connectivity index (χ1n) is 11.2. The molecule has 0 heterocycles. The second kappa shape index (κ2) is 11.8. The van der Waals surface area contributed by atoms with Crippen LogP contribution in [-0.4, -0.2) is 42.4 Å². The van der Waals surface area contributed by atoms with E-state index in [-0.39, 0.29) is 16.0 Å². The molecule has 0 bridgehead atoms. The minimum atomic E-state index is -1.91. The maximum absolute atomic E-state index is 12.3. The van der Waals surface area contributed by atoms with Crippen LogP contribution in [0.3, 0.4) is 0 Å². The van der Waals surface area contributed by atoms with Gasteiger partial charge in [0.2, 0.25) is 0 Å². The molecule has 0 saturated heterocycles. The van der Waals surface area contributed by atoms with Crippen LogP contribution >= 0.6 is 0 Å². The van der Waals surface area contributed by atoms with E-state index in [1.807, 2.05) is 0 Å². The average Bonchev–Trinajstić information content (AvgIpc) is 2.55. The third-order valence-electron chi connectivity index (χ3n) is 6.41. The molecule has 0 amide bonds. The highest BCUT2D eigenvalue weighted by Gasteiger charge is 2.39. The van der Waals surface area contributed by atoms with Crippen LogP contribution in [0.5, 0.6) is 0 Å². The lowest BCUT2D eigenvalue weighted by Crippen LogP contribution is -2.43. The highest BCUT2D eigenvalue weighted by atomic mass is 28.4. The average molecular weight is 445 g/mol. The lowest BCUT2D eigenvalue weighted by atomic mass is 10.2. The monoisotopic (exact) mass is 444 g/mol. The van der Waals surface area contributed by atoms with E-state index in [1.165, 1.54) is 12.8 Å². The summed E-state index contributed by atoms with van der Waals surface area (Å²) in [6.45, 7) is 25.7. The van der Waals surface area contributed by atoms with Crippen molar-refractivity contribution in [2.24, 2.45) is 0 Å². The maximum Gasteiger partial charge on any atom is 0.330 e. The standard InChI is InChI=1S/C23H48O4Si2/c1-12-13-14-15-16-25-21(24)17-20(18-26-28(8,9)22(2,3)4)19-27-29(10,11)23(5,6)7/h17H,12-16,18-19H2,1-11H3. The molecule has 0 rings (SSSR count). The van der Waals surface area contributed by atoms with Crippen LogP contribution < -0.4 is 0 Å². The van der Waals surface area contributed by atoms with Crippen LogP contribution in [0.4, 0.5) is 0 Å². The maximum atomic E-state index is 12.3. The highest BCUT2D eigenvalue weighted by Crippen LogP contribution is 2.38. The van der Waals surface area contributed by atoms with Gasteiger partial charge in [-0.2, -0.15) is 0 Å². The fraction of sp³-hybridized carbons (Fsp3) is 0.870. The number of hydrogen-bond acceptors (Lipinski definition) is 4. The zero-order chi connectivity index (χ0) is 22.9. The first-order valence-corrected chi connectivity index (χ1v) is 17.0. The summed E-state index contributed by atoms with van der Waals surface area (Å²) < 4.78 is 18.1. The van der Waals surface area contributed by atoms with Crippen molar-refractivity contribution in [3.8, 4) is 0 Å². The Labute approximate surface area is 183 Å². The number of rotatable bonds is 12. The van der Waals surface area contributed by atoms with Crippen LogP contribution in [0.15, 0.2) is 11.6 Å². The molecule has 0 aromatic carbocycles. The molecule has 0 aromatic heterocycles. The smallest absolute Gasteiger partial charge is 0.330 e. The molecular formula is C23H48O4Si2. The van der Waals surface area contributed by atoms with Gasteiger partial charge in [0.05, 0.1) is 19.8 Å². The van der Waals surface area contributed by atoms with E-state index >= 15 is 0 Å². The van der Waals surface area contributed by atoms with Gasteiger partial charge in [-0.05, 0) is 48.3 Å². The number of unbranched alkanes of at least 4 members (excludes halogenated alkanes) is 3. The van der Waals surface area contributed by atoms with E-state index in [0.717, 1.165) is 18.4 Å². The molecule has 29 heavy (non-hydrogen) atoms. The fourth-order valence-corrected chi connectivity index (χ4v) is 3.97. The second-order valence-corrected chi connectivity index (χ2v) is 20.7. The van der Waals surface area contributed by atoms with Crippen molar-refractivity contribution in [3.05, 3.63) is 11.6 Å². The van der Waals surface area contributed by atoms with E-state index in [4.69, 9.17) is 13.6 Å². The SMILES string of the molecule is CCCCCCOC(=O)C=C(CO[Si](C)(C)C(C)(C)C)CO[Si](C)(C)C(C)(C)C. The van der Waals surface area contributed by atoms with Crippen molar-refractivity contribution >= 4 is 22.6 Å². The minimum absolute atomic E-state index is 0.123. The molecule has 0 unspecified atom stereocenters. The van der Waals surface area contributed by atoms with Gasteiger partial charge in [0.1, 0.15) is 0 Å². The molecule has 4 nitrogen and oxygen atoms in total. The summed E-state index contributed by atoms with van der Waals surface area (Å²) in [5.74, 6) is -0.283. The van der Waals surface area contributed by atoms with Crippen LogP contribution in [0.1, 0.15) is 74.1 Å². The Bertz CT molecular complexity index is 494. The van der Waals surface area contributed by atoms with Crippen molar-refractivity contribution in [1.82, 2.24) is 0 Å². The first kappa shape index (κ1) is 28.6. The van der Waals surface area contributed by atoms with Crippen molar-refractivity contribution in [3.63, 3.8) is 0 Å². The fourth-order valence-electron chi connectivity index (χ4n) is 2.01. The molecule has 6 heteroatoms. The topological polar surface area (TPSA) is 44.8 Å². The van der Waals surface area contributed by atoms with Gasteiger partial charge < -0.3 is 13.6 Å². The molecule has 0 aliphatic rings. The number of carbonyl (C=O) groups is 1. The van der Waals surface area contributed by atoms with Crippen LogP contribution in [0, 0.1) is 0 Å². The van der Waals surface area contributed by atoms with E-state index < -0.39 is 16.6 Å². The van der Waals surface area contributed by atoms with Crippen LogP contribution in [-0.2, 0) is 18.4 Å². The van der Waals surface area contributed by atoms with Gasteiger partial charge in [-0.3, -0.25) is 0 Å². The molecule has 0 radical (unpaired) electrons. The number of hydrogen-bond donors (Lipinski definition) is 0. The molecule has 0 fully saturated rings. The Morgan fingerprint density at radius 2 is 1.24 bits per heavy atom. The molecule has 0 aliphatic carbocycles. The van der Waals surface area contributed by atoms with Gasteiger partial charge >= 0.3 is 5.97 Å². The minimum Gasteiger partial charge on any atom is -0.463 e. The van der Waals surface area contributed by atoms with E-state index in [1.54, 1.807) is 6.08 Å². The molecule has 0 aliphatic heterocycles. The Hall–Kier alpha value is -0.436. The molecule has 0 N–H and O–H groups in total. The predicted molar refractivity (Wildman–Crippen MR) is 129 cm³/mol. The van der Waals surface area contributed by atoms with Gasteiger partial charge in [0.15, 0.2) is 16.6 Å². The Kier molecular flexibility index (Phi) is 11.6. The van der Waals surface area contributed by atoms with Gasteiger partial charge in [-0.25, -0.2) is 4.79 Å². The molecule has 172 valence electrons. The summed E-state index contributed by atoms with van der Waals surface area (Å²) in [5, 5.41) is 0.246. The van der Waals surface area contributed by atoms with E-state index in [9.17, 15) is 4.79 Å². The molecule has 0 spiro atoms. The Morgan fingerprint density at radius 3 is 1.62 bits per heavy atom. The number of ether oxygens (including phenoxy) is 1. The normalized spacial score (nSPS) is 13.3. The van der Waals surface area contributed by atoms with Crippen molar-refractivity contribution in [2.45, 2.75) is 110 Å². The zero-order valence-electron chi connectivity index (χ0n) is 21.2. The summed E-state index contributed by atoms with van der Waals surface area (Å²) in [5.41, 5.74) is 0.873. The van der Waals surface area contributed by atoms with Crippen molar-refractivity contribution in [2.75, 3.05) is 19.8 Å². The quantitative estimate of drug-likeness (QED) is 0.140.